The molecule has 2 rings (SSSR count). The number of halogens is 3. The lowest BCUT2D eigenvalue weighted by Gasteiger charge is -2.33. The van der Waals surface area contributed by atoms with Gasteiger partial charge in [-0.3, -0.25) is 4.90 Å². The minimum Gasteiger partial charge on any atom is -0.377 e. The number of ether oxygens (including phenoxy) is 1. The number of hydrogen-bond acceptors (Lipinski definition) is 3. The predicted molar refractivity (Wildman–Crippen MR) is 62.4 cm³/mol. The Bertz CT molecular complexity index is 267. The van der Waals surface area contributed by atoms with E-state index in [-0.39, 0.29) is 25.2 Å². The first kappa shape index (κ1) is 14.1. The molecule has 2 heterocycles. The zero-order valence-corrected chi connectivity index (χ0v) is 10.7. The molecule has 3 atom stereocenters. The standard InChI is InChI=1S/C12H21F3N2O/c1-9(11-3-2-6-18-11)17-5-4-16-7-10(8-17)12(13,14)15/h9-11,16H,2-8H2,1H3. The molecular weight excluding hydrogens is 245 g/mol. The quantitative estimate of drug-likeness (QED) is 0.822. The van der Waals surface area contributed by atoms with Gasteiger partial charge in [0.1, 0.15) is 0 Å². The number of hydrogen-bond donors (Lipinski definition) is 1. The second kappa shape index (κ2) is 5.75. The predicted octanol–water partition coefficient (Wildman–Crippen LogP) is 1.64. The van der Waals surface area contributed by atoms with Crippen LogP contribution in [0.5, 0.6) is 0 Å². The summed E-state index contributed by atoms with van der Waals surface area (Å²) in [7, 11) is 0. The average Bonchev–Trinajstić information content (AvgIpc) is 2.70. The molecule has 18 heavy (non-hydrogen) atoms. The summed E-state index contributed by atoms with van der Waals surface area (Å²) in [5, 5.41) is 2.88. The Labute approximate surface area is 106 Å². The minimum atomic E-state index is -4.12. The van der Waals surface area contributed by atoms with E-state index in [2.05, 4.69) is 5.32 Å². The summed E-state index contributed by atoms with van der Waals surface area (Å²) >= 11 is 0. The first-order valence-corrected chi connectivity index (χ1v) is 6.61. The molecule has 2 aliphatic heterocycles. The van der Waals surface area contributed by atoms with Crippen molar-refractivity contribution in [2.75, 3.05) is 32.8 Å². The zero-order chi connectivity index (χ0) is 13.2. The highest BCUT2D eigenvalue weighted by Gasteiger charge is 2.42. The summed E-state index contributed by atoms with van der Waals surface area (Å²) in [4.78, 5) is 1.92. The third-order valence-corrected chi connectivity index (χ3v) is 3.96. The van der Waals surface area contributed by atoms with Crippen molar-refractivity contribution in [3.63, 3.8) is 0 Å². The molecule has 0 aromatic carbocycles. The van der Waals surface area contributed by atoms with Crippen molar-refractivity contribution >= 4 is 0 Å². The minimum absolute atomic E-state index is 0.0260. The van der Waals surface area contributed by atoms with Crippen LogP contribution in [0.3, 0.4) is 0 Å². The molecule has 0 aliphatic carbocycles. The number of nitrogens with zero attached hydrogens (tertiary/aromatic N) is 1. The SMILES string of the molecule is CC(C1CCCO1)N1CCNCC(C(F)(F)F)C1. The van der Waals surface area contributed by atoms with Gasteiger partial charge in [-0.25, -0.2) is 0 Å². The largest absolute Gasteiger partial charge is 0.394 e. The fraction of sp³-hybridized carbons (Fsp3) is 1.00. The second-order valence-electron chi connectivity index (χ2n) is 5.23. The van der Waals surface area contributed by atoms with Crippen LogP contribution in [0.1, 0.15) is 19.8 Å². The van der Waals surface area contributed by atoms with Crippen molar-refractivity contribution < 1.29 is 17.9 Å². The lowest BCUT2D eigenvalue weighted by Crippen LogP contribution is -2.46. The lowest BCUT2D eigenvalue weighted by atomic mass is 10.0. The fourth-order valence-electron chi connectivity index (χ4n) is 2.75. The molecule has 2 saturated heterocycles. The van der Waals surface area contributed by atoms with Crippen molar-refractivity contribution in [2.24, 2.45) is 5.92 Å². The second-order valence-corrected chi connectivity index (χ2v) is 5.23. The van der Waals surface area contributed by atoms with E-state index < -0.39 is 12.1 Å². The van der Waals surface area contributed by atoms with Gasteiger partial charge in [0.25, 0.3) is 0 Å². The van der Waals surface area contributed by atoms with E-state index in [4.69, 9.17) is 4.74 Å². The van der Waals surface area contributed by atoms with Crippen molar-refractivity contribution in [3.8, 4) is 0 Å². The highest BCUT2D eigenvalue weighted by atomic mass is 19.4. The van der Waals surface area contributed by atoms with E-state index >= 15 is 0 Å². The summed E-state index contributed by atoms with van der Waals surface area (Å²) in [6.07, 6.45) is -2.05. The average molecular weight is 266 g/mol. The molecule has 0 amide bonds. The number of rotatable bonds is 2. The Hall–Kier alpha value is -0.330. The molecule has 2 aliphatic rings. The first-order valence-electron chi connectivity index (χ1n) is 6.61. The van der Waals surface area contributed by atoms with E-state index in [9.17, 15) is 13.2 Å². The van der Waals surface area contributed by atoms with Gasteiger partial charge < -0.3 is 10.1 Å². The van der Waals surface area contributed by atoms with Crippen molar-refractivity contribution in [1.29, 1.82) is 0 Å². The van der Waals surface area contributed by atoms with E-state index in [0.717, 1.165) is 19.4 Å². The normalized spacial score (nSPS) is 33.3. The van der Waals surface area contributed by atoms with Crippen LogP contribution in [-0.2, 0) is 4.74 Å². The topological polar surface area (TPSA) is 24.5 Å². The maximum atomic E-state index is 12.8. The molecule has 3 unspecified atom stereocenters. The summed E-state index contributed by atoms with van der Waals surface area (Å²) in [5.41, 5.74) is 0. The highest BCUT2D eigenvalue weighted by molar-refractivity contribution is 4.85. The van der Waals surface area contributed by atoms with Gasteiger partial charge in [-0.1, -0.05) is 0 Å². The van der Waals surface area contributed by atoms with Crippen LogP contribution in [0.15, 0.2) is 0 Å². The molecule has 6 heteroatoms. The summed E-state index contributed by atoms with van der Waals surface area (Å²) in [5.74, 6) is -1.27. The Kier molecular flexibility index (Phi) is 4.50. The number of nitrogens with one attached hydrogen (secondary N) is 1. The van der Waals surface area contributed by atoms with Gasteiger partial charge in [0.05, 0.1) is 12.0 Å². The summed E-state index contributed by atoms with van der Waals surface area (Å²) in [6.45, 7) is 4.10. The molecule has 0 aromatic rings. The van der Waals surface area contributed by atoms with Crippen LogP contribution >= 0.6 is 0 Å². The van der Waals surface area contributed by atoms with Gasteiger partial charge in [-0.15, -0.1) is 0 Å². The van der Waals surface area contributed by atoms with Crippen molar-refractivity contribution in [3.05, 3.63) is 0 Å². The van der Waals surface area contributed by atoms with Crippen molar-refractivity contribution in [2.45, 2.75) is 38.1 Å². The number of alkyl halides is 3. The summed E-state index contributed by atoms with van der Waals surface area (Å²) in [6, 6.07) is 0.0669. The van der Waals surface area contributed by atoms with E-state index in [1.54, 1.807) is 0 Å². The molecule has 0 bridgehead atoms. The Morgan fingerprint density at radius 1 is 1.39 bits per heavy atom. The molecule has 2 fully saturated rings. The van der Waals surface area contributed by atoms with Crippen molar-refractivity contribution in [1.82, 2.24) is 10.2 Å². The van der Waals surface area contributed by atoms with Crippen LogP contribution in [0, 0.1) is 5.92 Å². The maximum Gasteiger partial charge on any atom is 0.394 e. The molecule has 0 radical (unpaired) electrons. The molecular formula is C12H21F3N2O. The van der Waals surface area contributed by atoms with Gasteiger partial charge in [-0.05, 0) is 19.8 Å². The first-order chi connectivity index (χ1) is 8.48. The van der Waals surface area contributed by atoms with Gasteiger partial charge in [-0.2, -0.15) is 13.2 Å². The molecule has 0 aromatic heterocycles. The molecule has 0 saturated carbocycles. The Morgan fingerprint density at radius 2 is 2.17 bits per heavy atom. The third kappa shape index (κ3) is 3.36. The molecule has 3 nitrogen and oxygen atoms in total. The van der Waals surface area contributed by atoms with Crippen LogP contribution in [0.25, 0.3) is 0 Å². The van der Waals surface area contributed by atoms with Gasteiger partial charge in [0, 0.05) is 38.8 Å². The fourth-order valence-corrected chi connectivity index (χ4v) is 2.75. The molecule has 0 spiro atoms. The molecule has 1 N–H and O–H groups in total. The highest BCUT2D eigenvalue weighted by Crippen LogP contribution is 2.29. The monoisotopic (exact) mass is 266 g/mol. The lowest BCUT2D eigenvalue weighted by molar-refractivity contribution is -0.177. The Balaban J connectivity index is 1.97. The van der Waals surface area contributed by atoms with E-state index in [1.165, 1.54) is 0 Å². The summed E-state index contributed by atoms with van der Waals surface area (Å²) < 4.78 is 44.1. The van der Waals surface area contributed by atoms with Crippen LogP contribution in [-0.4, -0.2) is 56.0 Å². The smallest absolute Gasteiger partial charge is 0.377 e. The van der Waals surface area contributed by atoms with Gasteiger partial charge >= 0.3 is 6.18 Å². The van der Waals surface area contributed by atoms with E-state index in [0.29, 0.717) is 13.1 Å². The van der Waals surface area contributed by atoms with Gasteiger partial charge in [0.2, 0.25) is 0 Å². The maximum absolute atomic E-state index is 12.8. The van der Waals surface area contributed by atoms with Crippen LogP contribution in [0.4, 0.5) is 13.2 Å². The van der Waals surface area contributed by atoms with Crippen LogP contribution in [0.2, 0.25) is 0 Å². The Morgan fingerprint density at radius 3 is 2.78 bits per heavy atom. The van der Waals surface area contributed by atoms with Crippen LogP contribution < -0.4 is 5.32 Å². The van der Waals surface area contributed by atoms with Gasteiger partial charge in [0.15, 0.2) is 0 Å². The molecule has 106 valence electrons. The zero-order valence-electron chi connectivity index (χ0n) is 10.7. The third-order valence-electron chi connectivity index (χ3n) is 3.96. The van der Waals surface area contributed by atoms with E-state index in [1.807, 2.05) is 11.8 Å².